The highest BCUT2D eigenvalue weighted by atomic mass is 32.2. The second kappa shape index (κ2) is 5.43. The van der Waals surface area contributed by atoms with Crippen LogP contribution < -0.4 is 5.32 Å². The van der Waals surface area contributed by atoms with Crippen molar-refractivity contribution in [2.75, 3.05) is 12.8 Å². The molecule has 0 rings (SSSR count). The maximum Gasteiger partial charge on any atom is 0.321 e. The van der Waals surface area contributed by atoms with Crippen molar-refractivity contribution in [3.8, 4) is 0 Å². The molecular formula is C7H15NO2S. The zero-order valence-electron chi connectivity index (χ0n) is 7.13. The molecule has 0 heterocycles. The molecule has 0 bridgehead atoms. The molecule has 0 aromatic heterocycles. The molecule has 0 amide bonds. The minimum atomic E-state index is -0.777. The minimum Gasteiger partial charge on any atom is -0.480 e. The van der Waals surface area contributed by atoms with E-state index in [2.05, 4.69) is 19.2 Å². The molecule has 0 aliphatic carbocycles. The highest BCUT2D eigenvalue weighted by Gasteiger charge is 2.14. The van der Waals surface area contributed by atoms with E-state index in [1.165, 1.54) is 0 Å². The Morgan fingerprint density at radius 2 is 2.18 bits per heavy atom. The Morgan fingerprint density at radius 3 is 2.45 bits per heavy atom. The van der Waals surface area contributed by atoms with Crippen LogP contribution in [-0.4, -0.2) is 35.2 Å². The second-order valence-electron chi connectivity index (χ2n) is 2.56. The number of carboxylic acid groups (broad SMARTS) is 1. The summed E-state index contributed by atoms with van der Waals surface area (Å²) < 4.78 is 0. The molecule has 0 fully saturated rings. The first-order valence-corrected chi connectivity index (χ1v) is 4.64. The van der Waals surface area contributed by atoms with Gasteiger partial charge in [-0.05, 0) is 12.3 Å². The van der Waals surface area contributed by atoms with Crippen LogP contribution in [0.15, 0.2) is 0 Å². The van der Waals surface area contributed by atoms with E-state index < -0.39 is 12.0 Å². The van der Waals surface area contributed by atoms with E-state index in [0.717, 1.165) is 0 Å². The number of carbonyl (C=O) groups is 1. The third-order valence-corrected chi connectivity index (χ3v) is 2.44. The topological polar surface area (TPSA) is 49.3 Å². The Morgan fingerprint density at radius 1 is 1.64 bits per heavy atom. The van der Waals surface area contributed by atoms with Crippen LogP contribution in [0.4, 0.5) is 0 Å². The summed E-state index contributed by atoms with van der Waals surface area (Å²) in [7, 11) is 1.67. The second-order valence-corrected chi connectivity index (χ2v) is 4.17. The summed E-state index contributed by atoms with van der Waals surface area (Å²) in [5.41, 5.74) is 0. The third-order valence-electron chi connectivity index (χ3n) is 1.24. The lowest BCUT2D eigenvalue weighted by Crippen LogP contribution is -2.36. The molecule has 2 N–H and O–H groups in total. The van der Waals surface area contributed by atoms with E-state index in [-0.39, 0.29) is 0 Å². The van der Waals surface area contributed by atoms with Crippen LogP contribution in [-0.2, 0) is 4.79 Å². The summed E-state index contributed by atoms with van der Waals surface area (Å²) >= 11 is 1.65. The summed E-state index contributed by atoms with van der Waals surface area (Å²) in [4.78, 5) is 10.5. The maximum atomic E-state index is 10.5. The summed E-state index contributed by atoms with van der Waals surface area (Å²) in [5.74, 6) is -0.149. The summed E-state index contributed by atoms with van der Waals surface area (Å²) in [5, 5.41) is 11.8. The number of likely N-dealkylation sites (N-methyl/N-ethyl adjacent to an activating group) is 1. The molecule has 0 aliphatic rings. The van der Waals surface area contributed by atoms with Gasteiger partial charge in [0.2, 0.25) is 0 Å². The van der Waals surface area contributed by atoms with Gasteiger partial charge in [0.25, 0.3) is 0 Å². The molecular weight excluding hydrogens is 162 g/mol. The zero-order valence-corrected chi connectivity index (χ0v) is 7.94. The third kappa shape index (κ3) is 5.09. The smallest absolute Gasteiger partial charge is 0.321 e. The van der Waals surface area contributed by atoms with Crippen LogP contribution in [0.25, 0.3) is 0 Å². The lowest BCUT2D eigenvalue weighted by molar-refractivity contribution is -0.138. The van der Waals surface area contributed by atoms with Gasteiger partial charge in [-0.15, -0.1) is 0 Å². The molecule has 3 nitrogen and oxygen atoms in total. The van der Waals surface area contributed by atoms with E-state index in [4.69, 9.17) is 5.11 Å². The Hall–Kier alpha value is -0.220. The quantitative estimate of drug-likeness (QED) is 0.652. The van der Waals surface area contributed by atoms with Crippen LogP contribution in [0.1, 0.15) is 13.8 Å². The van der Waals surface area contributed by atoms with Gasteiger partial charge in [-0.25, -0.2) is 0 Å². The van der Waals surface area contributed by atoms with Gasteiger partial charge in [0.1, 0.15) is 6.04 Å². The van der Waals surface area contributed by atoms with Crippen molar-refractivity contribution in [1.29, 1.82) is 0 Å². The van der Waals surface area contributed by atoms with Crippen molar-refractivity contribution < 1.29 is 9.90 Å². The fraction of sp³-hybridized carbons (Fsp3) is 0.857. The number of carboxylic acids is 1. The van der Waals surface area contributed by atoms with E-state index in [9.17, 15) is 4.79 Å². The van der Waals surface area contributed by atoms with Crippen molar-refractivity contribution in [3.63, 3.8) is 0 Å². The van der Waals surface area contributed by atoms with Crippen LogP contribution in [0.5, 0.6) is 0 Å². The molecule has 0 spiro atoms. The lowest BCUT2D eigenvalue weighted by atomic mass is 10.3. The van der Waals surface area contributed by atoms with Gasteiger partial charge in [0.15, 0.2) is 0 Å². The van der Waals surface area contributed by atoms with Crippen molar-refractivity contribution in [2.45, 2.75) is 25.1 Å². The highest BCUT2D eigenvalue weighted by molar-refractivity contribution is 7.99. The molecule has 0 saturated carbocycles. The fourth-order valence-electron chi connectivity index (χ4n) is 0.567. The number of aliphatic carboxylic acids is 1. The summed E-state index contributed by atoms with van der Waals surface area (Å²) in [6.07, 6.45) is 0. The largest absolute Gasteiger partial charge is 0.480 e. The average Bonchev–Trinajstić information content (AvgIpc) is 1.87. The molecule has 1 atom stereocenters. The van der Waals surface area contributed by atoms with E-state index >= 15 is 0 Å². The highest BCUT2D eigenvalue weighted by Crippen LogP contribution is 2.10. The molecule has 1 unspecified atom stereocenters. The van der Waals surface area contributed by atoms with Gasteiger partial charge in [-0.3, -0.25) is 4.79 Å². The number of hydrogen-bond acceptors (Lipinski definition) is 3. The van der Waals surface area contributed by atoms with Gasteiger partial charge in [-0.2, -0.15) is 11.8 Å². The summed E-state index contributed by atoms with van der Waals surface area (Å²) in [6.45, 7) is 4.11. The van der Waals surface area contributed by atoms with Crippen molar-refractivity contribution in [2.24, 2.45) is 0 Å². The maximum absolute atomic E-state index is 10.5. The molecule has 0 radical (unpaired) electrons. The Balaban J connectivity index is 3.61. The summed E-state index contributed by atoms with van der Waals surface area (Å²) in [6, 6.07) is -0.414. The predicted molar refractivity (Wildman–Crippen MR) is 48.1 cm³/mol. The standard InChI is InChI=1S/C7H15NO2S/c1-5(2)11-4-6(8-3)7(9)10/h5-6,8H,4H2,1-3H3,(H,9,10). The Kier molecular flexibility index (Phi) is 5.32. The predicted octanol–water partition coefficient (Wildman–Crippen LogP) is 0.801. The minimum absolute atomic E-state index is 0.414. The van der Waals surface area contributed by atoms with Gasteiger partial charge < -0.3 is 10.4 Å². The van der Waals surface area contributed by atoms with E-state index in [1.54, 1.807) is 18.8 Å². The first-order chi connectivity index (χ1) is 5.07. The van der Waals surface area contributed by atoms with Crippen molar-refractivity contribution in [1.82, 2.24) is 5.32 Å². The number of nitrogens with one attached hydrogen (secondary N) is 1. The SMILES string of the molecule is CNC(CSC(C)C)C(=O)O. The molecule has 11 heavy (non-hydrogen) atoms. The molecule has 0 aromatic rings. The van der Waals surface area contributed by atoms with E-state index in [0.29, 0.717) is 11.0 Å². The van der Waals surface area contributed by atoms with Gasteiger partial charge in [0, 0.05) is 5.75 Å². The zero-order chi connectivity index (χ0) is 8.85. The molecule has 66 valence electrons. The molecule has 0 aromatic carbocycles. The van der Waals surface area contributed by atoms with Crippen LogP contribution >= 0.6 is 11.8 Å². The van der Waals surface area contributed by atoms with Crippen LogP contribution in [0.3, 0.4) is 0 Å². The van der Waals surface area contributed by atoms with Crippen molar-refractivity contribution in [3.05, 3.63) is 0 Å². The number of thioether (sulfide) groups is 1. The Bertz CT molecular complexity index is 128. The normalized spacial score (nSPS) is 13.5. The fourth-order valence-corrected chi connectivity index (χ4v) is 1.45. The average molecular weight is 177 g/mol. The Labute approximate surface area is 71.6 Å². The monoisotopic (exact) mass is 177 g/mol. The molecule has 0 saturated heterocycles. The van der Waals surface area contributed by atoms with Crippen molar-refractivity contribution >= 4 is 17.7 Å². The van der Waals surface area contributed by atoms with Gasteiger partial charge in [-0.1, -0.05) is 13.8 Å². The van der Waals surface area contributed by atoms with Crippen LogP contribution in [0.2, 0.25) is 0 Å². The first-order valence-electron chi connectivity index (χ1n) is 3.59. The van der Waals surface area contributed by atoms with Gasteiger partial charge in [0.05, 0.1) is 0 Å². The first kappa shape index (κ1) is 10.8. The number of rotatable bonds is 5. The van der Waals surface area contributed by atoms with Gasteiger partial charge >= 0.3 is 5.97 Å². The molecule has 0 aliphatic heterocycles. The number of hydrogen-bond donors (Lipinski definition) is 2. The van der Waals surface area contributed by atoms with Crippen LogP contribution in [0, 0.1) is 0 Å². The van der Waals surface area contributed by atoms with E-state index in [1.807, 2.05) is 0 Å². The lowest BCUT2D eigenvalue weighted by Gasteiger charge is -2.11. The molecule has 4 heteroatoms.